The van der Waals surface area contributed by atoms with E-state index in [0.29, 0.717) is 0 Å². The maximum Gasteiger partial charge on any atom is 0.407 e. The van der Waals surface area contributed by atoms with Crippen molar-refractivity contribution in [3.8, 4) is 5.75 Å². The molecule has 0 aliphatic carbocycles. The normalized spacial score (nSPS) is 21.9. The van der Waals surface area contributed by atoms with Gasteiger partial charge < -0.3 is 20.1 Å². The Labute approximate surface area is 126 Å². The first-order valence-corrected chi connectivity index (χ1v) is 7.23. The van der Waals surface area contributed by atoms with Gasteiger partial charge in [-0.3, -0.25) is 0 Å². The number of alkyl carbamates (subject to hydrolysis) is 1. The van der Waals surface area contributed by atoms with Crippen molar-refractivity contribution in [3.63, 3.8) is 0 Å². The van der Waals surface area contributed by atoms with E-state index in [9.17, 15) is 4.79 Å². The summed E-state index contributed by atoms with van der Waals surface area (Å²) < 4.78 is 10.5. The van der Waals surface area contributed by atoms with E-state index in [-0.39, 0.29) is 18.1 Å². The lowest BCUT2D eigenvalue weighted by Crippen LogP contribution is -2.42. The molecular formula is C16H24N2O3. The van der Waals surface area contributed by atoms with Gasteiger partial charge in [-0.1, -0.05) is 12.1 Å². The number of rotatable bonds is 3. The number of benzene rings is 1. The van der Waals surface area contributed by atoms with Crippen LogP contribution in [0.4, 0.5) is 4.79 Å². The molecule has 116 valence electrons. The summed E-state index contributed by atoms with van der Waals surface area (Å²) in [5.41, 5.74) is 0.702. The molecule has 1 aromatic rings. The first-order chi connectivity index (χ1) is 9.89. The molecule has 1 aliphatic rings. The van der Waals surface area contributed by atoms with Crippen LogP contribution in [-0.4, -0.2) is 37.9 Å². The number of carbonyl (C=O) groups is 1. The van der Waals surface area contributed by atoms with Gasteiger partial charge in [0.05, 0.1) is 13.2 Å². The first kappa shape index (κ1) is 15.6. The standard InChI is InChI=1S/C16H24N2O3/c1-16(2,3)21-15(19)18-14-10-17-9-13(14)11-5-7-12(20-4)8-6-11/h5-8,13-14,17H,9-10H2,1-4H3,(H,18,19)/t13-,14-/m1/s1. The zero-order valence-corrected chi connectivity index (χ0v) is 13.1. The average molecular weight is 292 g/mol. The highest BCUT2D eigenvalue weighted by Gasteiger charge is 2.31. The summed E-state index contributed by atoms with van der Waals surface area (Å²) in [4.78, 5) is 11.9. The van der Waals surface area contributed by atoms with Gasteiger partial charge in [-0.25, -0.2) is 4.79 Å². The lowest BCUT2D eigenvalue weighted by Gasteiger charge is -2.24. The lowest BCUT2D eigenvalue weighted by molar-refractivity contribution is 0.0504. The summed E-state index contributed by atoms with van der Waals surface area (Å²) in [5, 5.41) is 6.27. The molecule has 1 saturated heterocycles. The van der Waals surface area contributed by atoms with Crippen LogP contribution >= 0.6 is 0 Å². The van der Waals surface area contributed by atoms with E-state index in [1.807, 2.05) is 45.0 Å². The summed E-state index contributed by atoms with van der Waals surface area (Å²) in [7, 11) is 1.65. The fourth-order valence-electron chi connectivity index (χ4n) is 2.49. The molecule has 0 aromatic heterocycles. The number of hydrogen-bond donors (Lipinski definition) is 2. The van der Waals surface area contributed by atoms with Crippen molar-refractivity contribution < 1.29 is 14.3 Å². The molecule has 0 spiro atoms. The Balaban J connectivity index is 2.01. The Morgan fingerprint density at radius 3 is 2.48 bits per heavy atom. The molecule has 1 amide bonds. The second kappa shape index (κ2) is 6.35. The zero-order chi connectivity index (χ0) is 15.5. The summed E-state index contributed by atoms with van der Waals surface area (Å²) in [5.74, 6) is 1.07. The van der Waals surface area contributed by atoms with Crippen molar-refractivity contribution in [1.82, 2.24) is 10.6 Å². The Morgan fingerprint density at radius 1 is 1.24 bits per heavy atom. The third-order valence-corrected chi connectivity index (χ3v) is 3.46. The van der Waals surface area contributed by atoms with Gasteiger partial charge in [0.15, 0.2) is 0 Å². The summed E-state index contributed by atoms with van der Waals surface area (Å²) in [6.07, 6.45) is -0.366. The van der Waals surface area contributed by atoms with Gasteiger partial charge >= 0.3 is 6.09 Å². The molecule has 2 rings (SSSR count). The minimum Gasteiger partial charge on any atom is -0.497 e. The van der Waals surface area contributed by atoms with E-state index < -0.39 is 5.60 Å². The molecule has 1 heterocycles. The number of ether oxygens (including phenoxy) is 2. The Bertz CT molecular complexity index is 479. The zero-order valence-electron chi connectivity index (χ0n) is 13.1. The van der Waals surface area contributed by atoms with Gasteiger partial charge in [-0.05, 0) is 38.5 Å². The van der Waals surface area contributed by atoms with Crippen LogP contribution in [-0.2, 0) is 4.74 Å². The monoisotopic (exact) mass is 292 g/mol. The largest absolute Gasteiger partial charge is 0.497 e. The molecule has 0 unspecified atom stereocenters. The topological polar surface area (TPSA) is 59.6 Å². The molecule has 0 bridgehead atoms. The molecule has 5 nitrogen and oxygen atoms in total. The number of methoxy groups -OCH3 is 1. The van der Waals surface area contributed by atoms with Crippen molar-refractivity contribution >= 4 is 6.09 Å². The quantitative estimate of drug-likeness (QED) is 0.897. The highest BCUT2D eigenvalue weighted by molar-refractivity contribution is 5.68. The number of hydrogen-bond acceptors (Lipinski definition) is 4. The van der Waals surface area contributed by atoms with Gasteiger partial charge in [-0.2, -0.15) is 0 Å². The van der Waals surface area contributed by atoms with Crippen molar-refractivity contribution in [3.05, 3.63) is 29.8 Å². The molecule has 0 radical (unpaired) electrons. The number of carbonyl (C=O) groups excluding carboxylic acids is 1. The minimum absolute atomic E-state index is 0.0354. The van der Waals surface area contributed by atoms with Crippen LogP contribution in [0.2, 0.25) is 0 Å². The second-order valence-electron chi connectivity index (χ2n) is 6.29. The fourth-order valence-corrected chi connectivity index (χ4v) is 2.49. The molecule has 5 heteroatoms. The van der Waals surface area contributed by atoms with Gasteiger partial charge in [0.2, 0.25) is 0 Å². The highest BCUT2D eigenvalue weighted by Crippen LogP contribution is 2.25. The van der Waals surface area contributed by atoms with Crippen molar-refractivity contribution in [2.45, 2.75) is 38.3 Å². The predicted octanol–water partition coefficient (Wildman–Crippen LogP) is 2.28. The lowest BCUT2D eigenvalue weighted by atomic mass is 9.94. The van der Waals surface area contributed by atoms with Crippen molar-refractivity contribution in [1.29, 1.82) is 0 Å². The van der Waals surface area contributed by atoms with Crippen LogP contribution in [0.1, 0.15) is 32.3 Å². The third kappa shape index (κ3) is 4.36. The Kier molecular flexibility index (Phi) is 4.73. The molecule has 2 N–H and O–H groups in total. The Morgan fingerprint density at radius 2 is 1.90 bits per heavy atom. The van der Waals surface area contributed by atoms with Gasteiger partial charge in [0.1, 0.15) is 11.4 Å². The molecule has 1 aliphatic heterocycles. The molecule has 0 saturated carbocycles. The predicted molar refractivity (Wildman–Crippen MR) is 81.8 cm³/mol. The van der Waals surface area contributed by atoms with Crippen LogP contribution < -0.4 is 15.4 Å². The SMILES string of the molecule is COc1ccc([C@H]2CNC[C@H]2NC(=O)OC(C)(C)C)cc1. The molecule has 1 aromatic carbocycles. The van der Waals surface area contributed by atoms with E-state index in [2.05, 4.69) is 10.6 Å². The van der Waals surface area contributed by atoms with Crippen LogP contribution in [0.3, 0.4) is 0 Å². The average Bonchev–Trinajstić information content (AvgIpc) is 2.84. The minimum atomic E-state index is -0.480. The van der Waals surface area contributed by atoms with Gasteiger partial charge in [0.25, 0.3) is 0 Å². The fraction of sp³-hybridized carbons (Fsp3) is 0.562. The van der Waals surface area contributed by atoms with E-state index in [1.165, 1.54) is 5.56 Å². The molecule has 21 heavy (non-hydrogen) atoms. The van der Waals surface area contributed by atoms with Crippen LogP contribution in [0, 0.1) is 0 Å². The van der Waals surface area contributed by atoms with E-state index in [0.717, 1.165) is 18.8 Å². The van der Waals surface area contributed by atoms with Gasteiger partial charge in [0, 0.05) is 19.0 Å². The van der Waals surface area contributed by atoms with E-state index >= 15 is 0 Å². The molecule has 2 atom stereocenters. The maximum absolute atomic E-state index is 11.9. The number of amides is 1. The summed E-state index contributed by atoms with van der Waals surface area (Å²) >= 11 is 0. The van der Waals surface area contributed by atoms with E-state index in [4.69, 9.17) is 9.47 Å². The second-order valence-corrected chi connectivity index (χ2v) is 6.29. The van der Waals surface area contributed by atoms with Crippen molar-refractivity contribution in [2.24, 2.45) is 0 Å². The van der Waals surface area contributed by atoms with Crippen molar-refractivity contribution in [2.75, 3.05) is 20.2 Å². The summed E-state index contributed by atoms with van der Waals surface area (Å²) in [6.45, 7) is 7.17. The van der Waals surface area contributed by atoms with Gasteiger partial charge in [-0.15, -0.1) is 0 Å². The van der Waals surface area contributed by atoms with E-state index in [1.54, 1.807) is 7.11 Å². The van der Waals surface area contributed by atoms with Crippen LogP contribution in [0.5, 0.6) is 5.75 Å². The first-order valence-electron chi connectivity index (χ1n) is 7.23. The highest BCUT2D eigenvalue weighted by atomic mass is 16.6. The third-order valence-electron chi connectivity index (χ3n) is 3.46. The summed E-state index contributed by atoms with van der Waals surface area (Å²) in [6, 6.07) is 8.00. The maximum atomic E-state index is 11.9. The van der Waals surface area contributed by atoms with Crippen LogP contribution in [0.15, 0.2) is 24.3 Å². The molecular weight excluding hydrogens is 268 g/mol. The number of nitrogens with one attached hydrogen (secondary N) is 2. The molecule has 1 fully saturated rings. The Hall–Kier alpha value is -1.75. The smallest absolute Gasteiger partial charge is 0.407 e. The van der Waals surface area contributed by atoms with Crippen LogP contribution in [0.25, 0.3) is 0 Å².